The molecular weight excluding hydrogens is 262 g/mol. The van der Waals surface area contributed by atoms with Crippen LogP contribution in [-0.2, 0) is 17.8 Å². The Hall–Kier alpha value is -1.77. The number of aromatic nitrogens is 1. The first-order chi connectivity index (χ1) is 10.2. The van der Waals surface area contributed by atoms with E-state index in [9.17, 15) is 4.79 Å². The summed E-state index contributed by atoms with van der Waals surface area (Å²) in [5, 5.41) is 10.1. The molecule has 0 atom stereocenters. The van der Waals surface area contributed by atoms with E-state index >= 15 is 0 Å². The summed E-state index contributed by atoms with van der Waals surface area (Å²) in [6.07, 6.45) is 9.51. The largest absolute Gasteiger partial charge is 0.481 e. The molecule has 1 saturated carbocycles. The Morgan fingerprint density at radius 1 is 1.24 bits per heavy atom. The summed E-state index contributed by atoms with van der Waals surface area (Å²) in [6, 6.07) is 8.51. The van der Waals surface area contributed by atoms with E-state index in [1.165, 1.54) is 42.1 Å². The number of hydrogen-bond acceptors (Lipinski definition) is 1. The molecule has 0 unspecified atom stereocenters. The van der Waals surface area contributed by atoms with Crippen LogP contribution in [0.3, 0.4) is 0 Å². The summed E-state index contributed by atoms with van der Waals surface area (Å²) in [5.41, 5.74) is 2.60. The minimum absolute atomic E-state index is 0.252. The molecule has 1 aromatic carbocycles. The number of rotatable bonds is 6. The number of nitrogens with zero attached hydrogens (tertiary/aromatic N) is 1. The summed E-state index contributed by atoms with van der Waals surface area (Å²) in [5.74, 6) is 0.109. The van der Waals surface area contributed by atoms with Gasteiger partial charge in [-0.2, -0.15) is 0 Å². The van der Waals surface area contributed by atoms with E-state index in [1.807, 2.05) is 0 Å². The van der Waals surface area contributed by atoms with E-state index < -0.39 is 5.97 Å². The van der Waals surface area contributed by atoms with Crippen molar-refractivity contribution in [2.45, 2.75) is 51.5 Å². The highest BCUT2D eigenvalue weighted by Gasteiger charge is 2.17. The molecule has 1 aliphatic rings. The highest BCUT2D eigenvalue weighted by atomic mass is 16.4. The number of carboxylic acid groups (broad SMARTS) is 1. The molecule has 1 aromatic heterocycles. The maximum atomic E-state index is 10.7. The maximum absolute atomic E-state index is 10.7. The Morgan fingerprint density at radius 3 is 2.76 bits per heavy atom. The van der Waals surface area contributed by atoms with Gasteiger partial charge in [-0.3, -0.25) is 4.79 Å². The first-order valence-electron chi connectivity index (χ1n) is 8.02. The normalized spacial score (nSPS) is 15.8. The van der Waals surface area contributed by atoms with Crippen molar-refractivity contribution in [2.24, 2.45) is 5.92 Å². The summed E-state index contributed by atoms with van der Waals surface area (Å²) in [7, 11) is 0. The van der Waals surface area contributed by atoms with E-state index in [-0.39, 0.29) is 6.42 Å². The molecule has 3 rings (SSSR count). The molecule has 0 aliphatic heterocycles. The lowest BCUT2D eigenvalue weighted by atomic mass is 10.1. The van der Waals surface area contributed by atoms with Gasteiger partial charge in [0.05, 0.1) is 0 Å². The molecule has 1 fully saturated rings. The number of benzene rings is 1. The zero-order chi connectivity index (χ0) is 14.7. The van der Waals surface area contributed by atoms with Crippen LogP contribution in [0.25, 0.3) is 10.9 Å². The molecule has 0 bridgehead atoms. The third-order valence-corrected chi connectivity index (χ3v) is 4.64. The number of fused-ring (bicyclic) bond motifs is 1. The second-order valence-corrected chi connectivity index (χ2v) is 6.22. The van der Waals surface area contributed by atoms with Gasteiger partial charge in [0.15, 0.2) is 0 Å². The van der Waals surface area contributed by atoms with Gasteiger partial charge in [0, 0.05) is 30.1 Å². The SMILES string of the molecule is O=C(O)CCCc1cn(CC2CCCC2)c2ccccc12. The van der Waals surface area contributed by atoms with Gasteiger partial charge in [-0.05, 0) is 43.2 Å². The molecule has 112 valence electrons. The quantitative estimate of drug-likeness (QED) is 0.862. The van der Waals surface area contributed by atoms with Crippen molar-refractivity contribution in [2.75, 3.05) is 0 Å². The van der Waals surface area contributed by atoms with E-state index in [0.29, 0.717) is 6.42 Å². The molecule has 3 nitrogen and oxygen atoms in total. The average Bonchev–Trinajstić information content (AvgIpc) is 3.09. The van der Waals surface area contributed by atoms with Crippen LogP contribution in [0.2, 0.25) is 0 Å². The summed E-state index contributed by atoms with van der Waals surface area (Å²) < 4.78 is 2.39. The number of aliphatic carboxylic acids is 1. The van der Waals surface area contributed by atoms with Gasteiger partial charge < -0.3 is 9.67 Å². The van der Waals surface area contributed by atoms with Crippen LogP contribution in [0.4, 0.5) is 0 Å². The lowest BCUT2D eigenvalue weighted by Gasteiger charge is -2.11. The van der Waals surface area contributed by atoms with Gasteiger partial charge in [0.1, 0.15) is 0 Å². The maximum Gasteiger partial charge on any atom is 0.303 e. The van der Waals surface area contributed by atoms with Crippen molar-refractivity contribution in [1.82, 2.24) is 4.57 Å². The molecule has 0 spiro atoms. The molecule has 1 heterocycles. The second-order valence-electron chi connectivity index (χ2n) is 6.22. The van der Waals surface area contributed by atoms with Crippen LogP contribution in [-0.4, -0.2) is 15.6 Å². The fourth-order valence-corrected chi connectivity index (χ4v) is 3.57. The summed E-state index contributed by atoms with van der Waals surface area (Å²) in [6.45, 7) is 1.11. The van der Waals surface area contributed by atoms with Gasteiger partial charge in [0.25, 0.3) is 0 Å². The first kappa shape index (κ1) is 14.2. The average molecular weight is 285 g/mol. The van der Waals surface area contributed by atoms with Crippen molar-refractivity contribution in [1.29, 1.82) is 0 Å². The van der Waals surface area contributed by atoms with Gasteiger partial charge >= 0.3 is 5.97 Å². The third kappa shape index (κ3) is 3.29. The minimum Gasteiger partial charge on any atom is -0.481 e. The van der Waals surface area contributed by atoms with E-state index in [1.54, 1.807) is 0 Å². The number of aryl methyl sites for hydroxylation is 1. The predicted molar refractivity (Wildman–Crippen MR) is 84.5 cm³/mol. The fraction of sp³-hybridized carbons (Fsp3) is 0.500. The molecular formula is C18H23NO2. The van der Waals surface area contributed by atoms with Crippen molar-refractivity contribution in [3.8, 4) is 0 Å². The fourth-order valence-electron chi connectivity index (χ4n) is 3.57. The first-order valence-corrected chi connectivity index (χ1v) is 8.02. The molecule has 21 heavy (non-hydrogen) atoms. The third-order valence-electron chi connectivity index (χ3n) is 4.64. The Balaban J connectivity index is 1.81. The summed E-state index contributed by atoms with van der Waals surface area (Å²) >= 11 is 0. The van der Waals surface area contributed by atoms with E-state index in [0.717, 1.165) is 18.9 Å². The topological polar surface area (TPSA) is 42.2 Å². The molecule has 2 aromatic rings. The van der Waals surface area contributed by atoms with Crippen LogP contribution in [0.5, 0.6) is 0 Å². The lowest BCUT2D eigenvalue weighted by molar-refractivity contribution is -0.137. The van der Waals surface area contributed by atoms with Gasteiger partial charge in [-0.25, -0.2) is 0 Å². The molecule has 0 radical (unpaired) electrons. The van der Waals surface area contributed by atoms with Gasteiger partial charge in [-0.15, -0.1) is 0 Å². The van der Waals surface area contributed by atoms with Crippen LogP contribution < -0.4 is 0 Å². The Labute approximate surface area is 125 Å². The van der Waals surface area contributed by atoms with Crippen molar-refractivity contribution >= 4 is 16.9 Å². The number of hydrogen-bond donors (Lipinski definition) is 1. The highest BCUT2D eigenvalue weighted by Crippen LogP contribution is 2.29. The molecule has 0 amide bonds. The number of para-hydroxylation sites is 1. The van der Waals surface area contributed by atoms with Crippen LogP contribution >= 0.6 is 0 Å². The zero-order valence-electron chi connectivity index (χ0n) is 12.4. The second kappa shape index (κ2) is 6.33. The smallest absolute Gasteiger partial charge is 0.303 e. The summed E-state index contributed by atoms with van der Waals surface area (Å²) in [4.78, 5) is 10.7. The molecule has 1 aliphatic carbocycles. The monoisotopic (exact) mass is 285 g/mol. The number of carboxylic acids is 1. The van der Waals surface area contributed by atoms with E-state index in [2.05, 4.69) is 35.0 Å². The van der Waals surface area contributed by atoms with Crippen LogP contribution in [0.1, 0.15) is 44.1 Å². The lowest BCUT2D eigenvalue weighted by Crippen LogP contribution is -2.05. The van der Waals surface area contributed by atoms with Crippen molar-refractivity contribution in [3.63, 3.8) is 0 Å². The van der Waals surface area contributed by atoms with Crippen molar-refractivity contribution < 1.29 is 9.90 Å². The standard InChI is InChI=1S/C18H23NO2/c20-18(21)11-5-8-15-13-19(12-14-6-1-2-7-14)17-10-4-3-9-16(15)17/h3-4,9-10,13-14H,1-2,5-8,11-12H2,(H,20,21). The Bertz CT molecular complexity index is 623. The minimum atomic E-state index is -0.704. The van der Waals surface area contributed by atoms with Crippen LogP contribution in [0.15, 0.2) is 30.5 Å². The van der Waals surface area contributed by atoms with E-state index in [4.69, 9.17) is 5.11 Å². The highest BCUT2D eigenvalue weighted by molar-refractivity contribution is 5.84. The Morgan fingerprint density at radius 2 is 2.00 bits per heavy atom. The van der Waals surface area contributed by atoms with Gasteiger partial charge in [0.2, 0.25) is 0 Å². The Kier molecular flexibility index (Phi) is 4.28. The number of carbonyl (C=O) groups is 1. The van der Waals surface area contributed by atoms with Crippen molar-refractivity contribution in [3.05, 3.63) is 36.0 Å². The molecule has 1 N–H and O–H groups in total. The molecule has 3 heteroatoms. The predicted octanol–water partition coefficient (Wildman–Crippen LogP) is 4.24. The zero-order valence-corrected chi connectivity index (χ0v) is 12.4. The molecule has 0 saturated heterocycles. The van der Waals surface area contributed by atoms with Crippen LogP contribution in [0, 0.1) is 5.92 Å². The van der Waals surface area contributed by atoms with Gasteiger partial charge in [-0.1, -0.05) is 31.0 Å².